The third-order valence-corrected chi connectivity index (χ3v) is 7.73. The van der Waals surface area contributed by atoms with Gasteiger partial charge in [-0.15, -0.1) is 0 Å². The maximum absolute atomic E-state index is 8.67. The highest BCUT2D eigenvalue weighted by Gasteiger charge is 2.26. The Labute approximate surface area is 218 Å². The second kappa shape index (κ2) is 9.97. The Kier molecular flexibility index (Phi) is 6.90. The second-order valence-corrected chi connectivity index (χ2v) is 10.8. The molecule has 36 heavy (non-hydrogen) atoms. The van der Waals surface area contributed by atoms with Crippen LogP contribution in [-0.4, -0.2) is 74.2 Å². The van der Waals surface area contributed by atoms with Gasteiger partial charge in [-0.1, -0.05) is 18.5 Å². The largest absolute Gasteiger partial charge is 0.354 e. The molecule has 0 saturated carbocycles. The van der Waals surface area contributed by atoms with Crippen molar-refractivity contribution >= 4 is 51.2 Å². The molecule has 10 nitrogen and oxygen atoms in total. The van der Waals surface area contributed by atoms with Crippen LogP contribution in [0.25, 0.3) is 22.1 Å². The highest BCUT2D eigenvalue weighted by Crippen LogP contribution is 2.37. The number of hydrogen-bond acceptors (Lipinski definition) is 9. The SMILES string of the molecule is CCc1[nH]c2nc(Sc3cnc4c(=N)n(CCN(C)C)c(C)nc4c3)nc(N3CCC(N)C3)c2c1Cl. The molecular formula is C24H31ClN10S. The topological polar surface area (TPSA) is 129 Å². The zero-order valence-electron chi connectivity index (χ0n) is 21.0. The summed E-state index contributed by atoms with van der Waals surface area (Å²) in [6.45, 7) is 7.07. The second-order valence-electron chi connectivity index (χ2n) is 9.42. The van der Waals surface area contributed by atoms with Crippen LogP contribution in [-0.2, 0) is 13.0 Å². The van der Waals surface area contributed by atoms with E-state index in [2.05, 4.69) is 26.7 Å². The Hall–Kier alpha value is -2.73. The molecule has 1 aliphatic heterocycles. The lowest BCUT2D eigenvalue weighted by Gasteiger charge is -2.18. The zero-order valence-corrected chi connectivity index (χ0v) is 22.5. The van der Waals surface area contributed by atoms with Crippen LogP contribution in [0.5, 0.6) is 0 Å². The van der Waals surface area contributed by atoms with Crippen LogP contribution in [0.3, 0.4) is 0 Å². The van der Waals surface area contributed by atoms with Gasteiger partial charge in [-0.2, -0.15) is 0 Å². The lowest BCUT2D eigenvalue weighted by atomic mass is 10.3. The first kappa shape index (κ1) is 24.9. The van der Waals surface area contributed by atoms with Crippen molar-refractivity contribution in [2.24, 2.45) is 5.73 Å². The third kappa shape index (κ3) is 4.68. The summed E-state index contributed by atoms with van der Waals surface area (Å²) >= 11 is 8.14. The van der Waals surface area contributed by atoms with Crippen molar-refractivity contribution in [3.8, 4) is 0 Å². The molecule has 1 atom stereocenters. The smallest absolute Gasteiger partial charge is 0.196 e. The van der Waals surface area contributed by atoms with Crippen LogP contribution in [0.15, 0.2) is 22.3 Å². The normalized spacial score (nSPS) is 16.2. The van der Waals surface area contributed by atoms with Crippen LogP contribution >= 0.6 is 23.4 Å². The van der Waals surface area contributed by atoms with Gasteiger partial charge in [0, 0.05) is 49.0 Å². The van der Waals surface area contributed by atoms with Crippen molar-refractivity contribution < 1.29 is 0 Å². The number of aromatic nitrogens is 6. The van der Waals surface area contributed by atoms with Crippen LogP contribution in [0.1, 0.15) is 24.9 Å². The molecule has 5 heterocycles. The number of pyridine rings is 1. The Morgan fingerprint density at radius 3 is 2.81 bits per heavy atom. The van der Waals surface area contributed by atoms with E-state index in [4.69, 9.17) is 37.7 Å². The van der Waals surface area contributed by atoms with Crippen molar-refractivity contribution in [3.05, 3.63) is 34.3 Å². The maximum Gasteiger partial charge on any atom is 0.196 e. The first-order chi connectivity index (χ1) is 17.2. The van der Waals surface area contributed by atoms with E-state index in [0.29, 0.717) is 33.2 Å². The summed E-state index contributed by atoms with van der Waals surface area (Å²) in [5, 5.41) is 10.8. The number of hydrogen-bond donors (Lipinski definition) is 3. The first-order valence-corrected chi connectivity index (χ1v) is 13.3. The number of rotatable bonds is 7. The maximum atomic E-state index is 8.67. The van der Waals surface area contributed by atoms with E-state index in [1.54, 1.807) is 6.20 Å². The number of halogens is 1. The van der Waals surface area contributed by atoms with E-state index >= 15 is 0 Å². The molecule has 0 aliphatic carbocycles. The molecule has 0 radical (unpaired) electrons. The van der Waals surface area contributed by atoms with Gasteiger partial charge >= 0.3 is 0 Å². The van der Waals surface area contributed by atoms with E-state index in [9.17, 15) is 0 Å². The Morgan fingerprint density at radius 1 is 1.31 bits per heavy atom. The van der Waals surface area contributed by atoms with E-state index in [1.807, 2.05) is 31.7 Å². The highest BCUT2D eigenvalue weighted by atomic mass is 35.5. The average Bonchev–Trinajstić information content (AvgIpc) is 3.41. The minimum absolute atomic E-state index is 0.119. The van der Waals surface area contributed by atoms with Gasteiger partial charge in [-0.05, 0) is 51.7 Å². The third-order valence-electron chi connectivity index (χ3n) is 6.49. The fourth-order valence-electron chi connectivity index (χ4n) is 4.53. The number of fused-ring (bicyclic) bond motifs is 2. The van der Waals surface area contributed by atoms with E-state index < -0.39 is 0 Å². The first-order valence-electron chi connectivity index (χ1n) is 12.1. The van der Waals surface area contributed by atoms with Gasteiger partial charge in [0.15, 0.2) is 10.6 Å². The fourth-order valence-corrected chi connectivity index (χ4v) is 5.64. The Morgan fingerprint density at radius 2 is 2.11 bits per heavy atom. The number of anilines is 1. The number of nitrogens with zero attached hydrogens (tertiary/aromatic N) is 7. The van der Waals surface area contributed by atoms with Gasteiger partial charge in [-0.25, -0.2) is 19.9 Å². The summed E-state index contributed by atoms with van der Waals surface area (Å²) in [5.41, 5.74) is 9.50. The minimum Gasteiger partial charge on any atom is -0.354 e. The molecule has 5 rings (SSSR count). The summed E-state index contributed by atoms with van der Waals surface area (Å²) in [7, 11) is 4.03. The van der Waals surface area contributed by atoms with Crippen molar-refractivity contribution in [1.82, 2.24) is 34.4 Å². The molecule has 4 aromatic heterocycles. The molecule has 1 saturated heterocycles. The molecule has 1 aliphatic rings. The number of nitrogens with one attached hydrogen (secondary N) is 2. The van der Waals surface area contributed by atoms with Crippen molar-refractivity contribution in [2.45, 2.75) is 49.3 Å². The molecule has 0 amide bonds. The van der Waals surface area contributed by atoms with Crippen LogP contribution in [0.2, 0.25) is 5.02 Å². The van der Waals surface area contributed by atoms with E-state index in [1.165, 1.54) is 11.8 Å². The standard InChI is InChI=1S/C24H31ClN10S/c1-5-16-19(25)18-22(30-16)31-24(32-23(18)34-7-6-14(26)12-34)36-15-10-17-20(28-11-15)21(27)35(13(2)29-17)9-8-33(3)4/h10-11,14,27H,5-9,12,26H2,1-4H3,(H,30,31,32). The highest BCUT2D eigenvalue weighted by molar-refractivity contribution is 7.99. The number of nitrogens with two attached hydrogens (primary N) is 1. The number of likely N-dealkylation sites (N-methyl/N-ethyl adjacent to an activating group) is 1. The van der Waals surface area contributed by atoms with Crippen LogP contribution in [0.4, 0.5) is 5.82 Å². The molecule has 190 valence electrons. The molecular weight excluding hydrogens is 496 g/mol. The van der Waals surface area contributed by atoms with Gasteiger partial charge in [0.2, 0.25) is 0 Å². The number of aryl methyl sites for hydroxylation is 2. The molecule has 4 N–H and O–H groups in total. The lowest BCUT2D eigenvalue weighted by Crippen LogP contribution is -2.29. The molecule has 1 unspecified atom stereocenters. The van der Waals surface area contributed by atoms with E-state index in [-0.39, 0.29) is 6.04 Å². The van der Waals surface area contributed by atoms with Crippen LogP contribution < -0.4 is 16.1 Å². The van der Waals surface area contributed by atoms with Crippen LogP contribution in [0, 0.1) is 12.3 Å². The number of aromatic amines is 1. The summed E-state index contributed by atoms with van der Waals surface area (Å²) in [5.74, 6) is 1.60. The molecule has 12 heteroatoms. The predicted molar refractivity (Wildman–Crippen MR) is 144 cm³/mol. The molecule has 0 aromatic carbocycles. The lowest BCUT2D eigenvalue weighted by molar-refractivity contribution is 0.376. The average molecular weight is 527 g/mol. The molecule has 1 fully saturated rings. The molecule has 0 spiro atoms. The molecule has 0 bridgehead atoms. The fraction of sp³-hybridized carbons (Fsp3) is 0.458. The van der Waals surface area contributed by atoms with E-state index in [0.717, 1.165) is 65.7 Å². The zero-order chi connectivity index (χ0) is 25.6. The summed E-state index contributed by atoms with van der Waals surface area (Å²) in [4.78, 5) is 27.5. The quantitative estimate of drug-likeness (QED) is 0.313. The summed E-state index contributed by atoms with van der Waals surface area (Å²) in [6.07, 6.45) is 3.46. The molecule has 4 aromatic rings. The van der Waals surface area contributed by atoms with Gasteiger partial charge in [0.05, 0.1) is 15.9 Å². The Bertz CT molecular complexity index is 1490. The van der Waals surface area contributed by atoms with Crippen molar-refractivity contribution in [3.63, 3.8) is 0 Å². The minimum atomic E-state index is 0.119. The Balaban J connectivity index is 1.53. The van der Waals surface area contributed by atoms with Gasteiger partial charge in [-0.3, -0.25) is 5.41 Å². The predicted octanol–water partition coefficient (Wildman–Crippen LogP) is 2.96. The van der Waals surface area contributed by atoms with Crippen molar-refractivity contribution in [2.75, 3.05) is 38.6 Å². The van der Waals surface area contributed by atoms with Crippen molar-refractivity contribution in [1.29, 1.82) is 5.41 Å². The number of H-pyrrole nitrogens is 1. The van der Waals surface area contributed by atoms with Gasteiger partial charge < -0.3 is 25.1 Å². The van der Waals surface area contributed by atoms with Gasteiger partial charge in [0.1, 0.15) is 22.8 Å². The van der Waals surface area contributed by atoms with Gasteiger partial charge in [0.25, 0.3) is 0 Å². The monoisotopic (exact) mass is 526 g/mol. The summed E-state index contributed by atoms with van der Waals surface area (Å²) in [6, 6.07) is 2.07. The summed E-state index contributed by atoms with van der Waals surface area (Å²) < 4.78 is 1.90.